The molecule has 0 radical (unpaired) electrons. The Labute approximate surface area is 229 Å². The first-order valence-electron chi connectivity index (χ1n) is 13.3. The van der Waals surface area contributed by atoms with Gasteiger partial charge in [0.15, 0.2) is 0 Å². The quantitative estimate of drug-likeness (QED) is 0.181. The van der Waals surface area contributed by atoms with E-state index in [2.05, 4.69) is 39.0 Å². The summed E-state index contributed by atoms with van der Waals surface area (Å²) in [5.74, 6) is -1.04. The third-order valence-electron chi connectivity index (χ3n) is 6.04. The molecule has 204 valence electrons. The molecule has 6 nitrogen and oxygen atoms in total. The van der Waals surface area contributed by atoms with Crippen LogP contribution < -0.4 is 9.09 Å². The van der Waals surface area contributed by atoms with Gasteiger partial charge in [-0.15, -0.1) is 0 Å². The van der Waals surface area contributed by atoms with Gasteiger partial charge >= 0.3 is 230 Å². The van der Waals surface area contributed by atoms with Gasteiger partial charge in [-0.3, -0.25) is 0 Å². The van der Waals surface area contributed by atoms with E-state index < -0.39 is 33.6 Å². The van der Waals surface area contributed by atoms with Gasteiger partial charge in [0, 0.05) is 0 Å². The summed E-state index contributed by atoms with van der Waals surface area (Å²) in [6.07, 6.45) is 1.60. The summed E-state index contributed by atoms with van der Waals surface area (Å²) >= 11 is -0.589. The van der Waals surface area contributed by atoms with Crippen molar-refractivity contribution >= 4 is 32.0 Å². The molecule has 0 N–H and O–H groups in total. The molecule has 1 unspecified atom stereocenters. The van der Waals surface area contributed by atoms with Crippen LogP contribution in [0.5, 0.6) is 11.6 Å². The van der Waals surface area contributed by atoms with Crippen molar-refractivity contribution < 1.29 is 23.8 Å². The predicted octanol–water partition coefficient (Wildman–Crippen LogP) is 5.84. The van der Waals surface area contributed by atoms with Gasteiger partial charge in [-0.05, 0) is 0 Å². The number of aromatic nitrogens is 1. The molecule has 0 fully saturated rings. The maximum atomic E-state index is 13.1. The van der Waals surface area contributed by atoms with E-state index in [4.69, 9.17) is 19.2 Å². The van der Waals surface area contributed by atoms with Gasteiger partial charge in [-0.1, -0.05) is 0 Å². The zero-order valence-electron chi connectivity index (χ0n) is 24.2. The minimum atomic E-state index is -1.09. The van der Waals surface area contributed by atoms with Crippen LogP contribution in [0.25, 0.3) is 0 Å². The average molecular weight is 574 g/mol. The number of hydrogen-bond acceptors (Lipinski definition) is 6. The Hall–Kier alpha value is -2.33. The van der Waals surface area contributed by atoms with Gasteiger partial charge in [0.2, 0.25) is 0 Å². The van der Waals surface area contributed by atoms with Crippen molar-refractivity contribution in [2.45, 2.75) is 105 Å². The average Bonchev–Trinajstić information content (AvgIpc) is 2.77. The Balaban J connectivity index is 2.68. The molecule has 2 rings (SSSR count). The maximum absolute atomic E-state index is 13.1. The van der Waals surface area contributed by atoms with E-state index in [1.54, 1.807) is 27.7 Å². The summed E-state index contributed by atoms with van der Waals surface area (Å²) < 4.78 is 19.3. The first-order chi connectivity index (χ1) is 17.4. The van der Waals surface area contributed by atoms with E-state index in [1.165, 1.54) is 4.35 Å². The second-order valence-corrected chi connectivity index (χ2v) is 13.8. The number of esters is 2. The van der Waals surface area contributed by atoms with Crippen LogP contribution in [-0.4, -0.2) is 44.9 Å². The molecular formula is C30H44AsNO5. The molecule has 1 heterocycles. The number of carbonyl (C=O) groups is 2. The zero-order chi connectivity index (χ0) is 27.9. The molecule has 37 heavy (non-hydrogen) atoms. The number of aryl methyl sites for hydroxylation is 4. The van der Waals surface area contributed by atoms with Crippen molar-refractivity contribution in [1.29, 1.82) is 0 Å². The Morgan fingerprint density at radius 3 is 1.84 bits per heavy atom. The van der Waals surface area contributed by atoms with Crippen molar-refractivity contribution in [3.63, 3.8) is 0 Å². The summed E-state index contributed by atoms with van der Waals surface area (Å²) in [5, 5.41) is 0. The number of pyridine rings is 1. The second-order valence-electron chi connectivity index (χ2n) is 10.3. The third-order valence-corrected chi connectivity index (χ3v) is 10.2. The van der Waals surface area contributed by atoms with Crippen molar-refractivity contribution in [3.8, 4) is 11.6 Å². The van der Waals surface area contributed by atoms with E-state index in [9.17, 15) is 9.59 Å². The topological polar surface area (TPSA) is 74.7 Å². The van der Waals surface area contributed by atoms with Gasteiger partial charge < -0.3 is 0 Å². The predicted molar refractivity (Wildman–Crippen MR) is 150 cm³/mol. The van der Waals surface area contributed by atoms with Crippen LogP contribution in [0.15, 0.2) is 18.2 Å². The standard InChI is InChI=1S/C30H44AsNO5/c1-11-23(12-2)31-26-15-22(10)32-28(37-27-20(8)13-19(7)14-21(27)9)24(26)16-25(29(33)35-17(3)4)30(34)36-18(5)6/h13-15,17-18,23,25,31H,11-12,16H2,1-10H3. The van der Waals surface area contributed by atoms with Crippen LogP contribution in [0.1, 0.15) is 82.3 Å². The van der Waals surface area contributed by atoms with Crippen molar-refractivity contribution in [3.05, 3.63) is 46.1 Å². The Morgan fingerprint density at radius 1 is 0.865 bits per heavy atom. The van der Waals surface area contributed by atoms with Crippen molar-refractivity contribution in [2.75, 3.05) is 0 Å². The molecule has 1 atom stereocenters. The fraction of sp³-hybridized carbons (Fsp3) is 0.567. The molecule has 1 aromatic heterocycles. The fourth-order valence-electron chi connectivity index (χ4n) is 4.31. The van der Waals surface area contributed by atoms with Crippen LogP contribution in [0.2, 0.25) is 4.71 Å². The Morgan fingerprint density at radius 2 is 1.38 bits per heavy atom. The van der Waals surface area contributed by atoms with E-state index in [0.717, 1.165) is 46.5 Å². The first-order valence-corrected chi connectivity index (χ1v) is 15.6. The van der Waals surface area contributed by atoms with E-state index in [-0.39, 0.29) is 18.6 Å². The molecule has 0 spiro atoms. The first kappa shape index (κ1) is 30.9. The number of carbonyl (C=O) groups excluding carboxylic acids is 2. The SMILES string of the molecule is CCC(CC)[AsH]c1cc(C)nc(Oc2c(C)cc(C)cc2C)c1CC(C(=O)OC(C)C)C(=O)OC(C)C. The van der Waals surface area contributed by atoms with Gasteiger partial charge in [-0.2, -0.15) is 0 Å². The summed E-state index contributed by atoms with van der Waals surface area (Å²) in [6, 6.07) is 6.27. The molecule has 1 aromatic carbocycles. The minimum absolute atomic E-state index is 0.128. The van der Waals surface area contributed by atoms with Crippen LogP contribution in [0.3, 0.4) is 0 Å². The van der Waals surface area contributed by atoms with Gasteiger partial charge in [0.1, 0.15) is 0 Å². The number of benzene rings is 1. The normalized spacial score (nSPS) is 11.8. The Kier molecular flexibility index (Phi) is 11.7. The fourth-order valence-corrected chi connectivity index (χ4v) is 7.51. The molecule has 7 heteroatoms. The Bertz CT molecular complexity index is 1050. The zero-order valence-corrected chi connectivity index (χ0v) is 26.2. The number of nitrogens with zero attached hydrogens (tertiary/aromatic N) is 1. The molecule has 0 aliphatic heterocycles. The van der Waals surface area contributed by atoms with Gasteiger partial charge in [-0.25, -0.2) is 0 Å². The molecule has 0 saturated carbocycles. The summed E-state index contributed by atoms with van der Waals surface area (Å²) in [6.45, 7) is 19.6. The van der Waals surface area contributed by atoms with Crippen molar-refractivity contribution in [1.82, 2.24) is 4.98 Å². The van der Waals surface area contributed by atoms with Crippen LogP contribution >= 0.6 is 0 Å². The van der Waals surface area contributed by atoms with E-state index >= 15 is 0 Å². The van der Waals surface area contributed by atoms with Gasteiger partial charge in [0.25, 0.3) is 0 Å². The molecule has 0 aliphatic carbocycles. The summed E-state index contributed by atoms with van der Waals surface area (Å²) in [5.41, 5.74) is 4.85. The number of hydrogen-bond donors (Lipinski definition) is 0. The summed E-state index contributed by atoms with van der Waals surface area (Å²) in [4.78, 5) is 31.0. The molecule has 0 saturated heterocycles. The number of rotatable bonds is 12. The van der Waals surface area contributed by atoms with Gasteiger partial charge in [0.05, 0.1) is 0 Å². The monoisotopic (exact) mass is 573 g/mol. The molecule has 0 aliphatic rings. The number of ether oxygens (including phenoxy) is 3. The van der Waals surface area contributed by atoms with Crippen molar-refractivity contribution in [2.24, 2.45) is 5.92 Å². The molecule has 0 bridgehead atoms. The van der Waals surface area contributed by atoms with Crippen LogP contribution in [0.4, 0.5) is 0 Å². The molecular weight excluding hydrogens is 529 g/mol. The molecule has 0 amide bonds. The third kappa shape index (κ3) is 8.88. The second kappa shape index (κ2) is 14.0. The summed E-state index contributed by atoms with van der Waals surface area (Å²) in [7, 11) is 0. The molecule has 2 aromatic rings. The van der Waals surface area contributed by atoms with E-state index in [0.29, 0.717) is 10.6 Å². The van der Waals surface area contributed by atoms with Crippen LogP contribution in [-0.2, 0) is 25.5 Å². The van der Waals surface area contributed by atoms with E-state index in [1.807, 2.05) is 20.8 Å². The van der Waals surface area contributed by atoms with Crippen LogP contribution in [0, 0.1) is 33.6 Å².